The first kappa shape index (κ1) is 20.2. The second-order valence-electron chi connectivity index (χ2n) is 9.01. The van der Waals surface area contributed by atoms with E-state index in [-0.39, 0.29) is 17.4 Å². The summed E-state index contributed by atoms with van der Waals surface area (Å²) in [6.45, 7) is 7.73. The molecule has 1 aromatic carbocycles. The van der Waals surface area contributed by atoms with Gasteiger partial charge in [-0.1, -0.05) is 39.0 Å². The van der Waals surface area contributed by atoms with Gasteiger partial charge in [-0.05, 0) is 35.6 Å². The fourth-order valence-electron chi connectivity index (χ4n) is 4.24. The van der Waals surface area contributed by atoms with Crippen LogP contribution in [-0.2, 0) is 5.41 Å². The first-order valence-corrected chi connectivity index (χ1v) is 10.7. The van der Waals surface area contributed by atoms with Crippen LogP contribution in [0.4, 0.5) is 11.6 Å². The zero-order valence-corrected chi connectivity index (χ0v) is 18.3. The fraction of sp³-hybridized carbons (Fsp3) is 0.348. The van der Waals surface area contributed by atoms with E-state index in [4.69, 9.17) is 4.42 Å². The first-order chi connectivity index (χ1) is 15.4. The lowest BCUT2D eigenvalue weighted by Crippen LogP contribution is -2.38. The molecular weight excluding hydrogens is 406 g/mol. The number of H-pyrrole nitrogens is 1. The van der Waals surface area contributed by atoms with Gasteiger partial charge in [-0.3, -0.25) is 4.79 Å². The summed E-state index contributed by atoms with van der Waals surface area (Å²) in [7, 11) is 0. The molecule has 9 heteroatoms. The van der Waals surface area contributed by atoms with Gasteiger partial charge in [-0.15, -0.1) is 5.10 Å². The number of aromatic nitrogens is 5. The Hall–Kier alpha value is -3.75. The summed E-state index contributed by atoms with van der Waals surface area (Å²) in [4.78, 5) is 26.1. The van der Waals surface area contributed by atoms with Crippen LogP contribution in [0.1, 0.15) is 43.3 Å². The summed E-state index contributed by atoms with van der Waals surface area (Å²) < 4.78 is 5.33. The third-order valence-corrected chi connectivity index (χ3v) is 5.80. The number of nitrogens with one attached hydrogen (secondary N) is 1. The second-order valence-corrected chi connectivity index (χ2v) is 9.01. The van der Waals surface area contributed by atoms with Gasteiger partial charge in [0.1, 0.15) is 5.52 Å². The summed E-state index contributed by atoms with van der Waals surface area (Å²) in [6, 6.07) is 11.7. The molecule has 32 heavy (non-hydrogen) atoms. The monoisotopic (exact) mass is 431 g/mol. The number of hydrogen-bond acceptors (Lipinski definition) is 7. The van der Waals surface area contributed by atoms with Crippen LogP contribution in [0.2, 0.25) is 0 Å². The average molecular weight is 432 g/mol. The van der Waals surface area contributed by atoms with Gasteiger partial charge in [0.05, 0.1) is 18.5 Å². The quantitative estimate of drug-likeness (QED) is 0.525. The molecule has 1 amide bonds. The zero-order valence-electron chi connectivity index (χ0n) is 18.3. The SMILES string of the molecule is CC(C)(C)c1ccccc1N(c1ncc2n[nH]nc2n1)C1CCN(C(=O)c2ccco2)C1. The van der Waals surface area contributed by atoms with E-state index < -0.39 is 0 Å². The maximum absolute atomic E-state index is 12.9. The Kier molecular flexibility index (Phi) is 4.88. The van der Waals surface area contributed by atoms with Gasteiger partial charge < -0.3 is 14.2 Å². The van der Waals surface area contributed by atoms with Gasteiger partial charge >= 0.3 is 0 Å². The van der Waals surface area contributed by atoms with E-state index in [1.54, 1.807) is 18.3 Å². The molecule has 4 aromatic rings. The Morgan fingerprint density at radius 3 is 2.81 bits per heavy atom. The molecule has 1 aliphatic rings. The minimum Gasteiger partial charge on any atom is -0.459 e. The molecule has 0 saturated carbocycles. The van der Waals surface area contributed by atoms with Crippen molar-refractivity contribution in [3.05, 3.63) is 60.2 Å². The van der Waals surface area contributed by atoms with Crippen LogP contribution in [0, 0.1) is 0 Å². The van der Waals surface area contributed by atoms with Crippen LogP contribution in [0.5, 0.6) is 0 Å². The van der Waals surface area contributed by atoms with E-state index >= 15 is 0 Å². The van der Waals surface area contributed by atoms with E-state index in [0.717, 1.165) is 12.1 Å². The molecule has 1 N–H and O–H groups in total. The Balaban J connectivity index is 1.56. The number of carbonyl (C=O) groups excluding carboxylic acids is 1. The number of fused-ring (bicyclic) bond motifs is 1. The van der Waals surface area contributed by atoms with Crippen LogP contribution in [0.3, 0.4) is 0 Å². The minimum atomic E-state index is -0.102. The number of amides is 1. The molecule has 0 spiro atoms. The van der Waals surface area contributed by atoms with Gasteiger partial charge in [-0.25, -0.2) is 4.98 Å². The van der Waals surface area contributed by atoms with Crippen LogP contribution in [0.25, 0.3) is 11.2 Å². The highest BCUT2D eigenvalue weighted by molar-refractivity contribution is 5.91. The van der Waals surface area contributed by atoms with Crippen molar-refractivity contribution >= 4 is 28.7 Å². The number of nitrogens with zero attached hydrogens (tertiary/aromatic N) is 6. The number of aromatic amines is 1. The Morgan fingerprint density at radius 2 is 2.03 bits per heavy atom. The predicted octanol–water partition coefficient (Wildman–Crippen LogP) is 3.69. The van der Waals surface area contributed by atoms with Crippen molar-refractivity contribution in [2.75, 3.05) is 18.0 Å². The maximum atomic E-state index is 12.9. The standard InChI is InChI=1S/C23H25N7O2/c1-23(2,3)16-7-4-5-8-18(16)30(22-24-13-17-20(25-22)27-28-26-17)15-10-11-29(14-15)21(31)19-9-6-12-32-19/h4-9,12-13,15H,10-11,14H2,1-3H3,(H,24,25,26,27,28). The van der Waals surface area contributed by atoms with Crippen molar-refractivity contribution in [3.63, 3.8) is 0 Å². The highest BCUT2D eigenvalue weighted by atomic mass is 16.3. The van der Waals surface area contributed by atoms with Gasteiger partial charge in [0.15, 0.2) is 5.76 Å². The van der Waals surface area contributed by atoms with Gasteiger partial charge in [0.25, 0.3) is 5.91 Å². The highest BCUT2D eigenvalue weighted by Crippen LogP contribution is 2.37. The zero-order chi connectivity index (χ0) is 22.3. The lowest BCUT2D eigenvalue weighted by Gasteiger charge is -2.34. The van der Waals surface area contributed by atoms with Gasteiger partial charge in [0, 0.05) is 18.8 Å². The minimum absolute atomic E-state index is 0.00163. The van der Waals surface area contributed by atoms with Crippen molar-refractivity contribution in [3.8, 4) is 0 Å². The molecule has 1 aliphatic heterocycles. The van der Waals surface area contributed by atoms with Crippen LogP contribution in [0.15, 0.2) is 53.3 Å². The molecule has 5 rings (SSSR count). The van der Waals surface area contributed by atoms with Crippen molar-refractivity contribution in [1.29, 1.82) is 0 Å². The lowest BCUT2D eigenvalue weighted by atomic mass is 9.85. The molecule has 164 valence electrons. The number of para-hydroxylation sites is 1. The number of rotatable bonds is 4. The average Bonchev–Trinajstić information content (AvgIpc) is 3.54. The number of benzene rings is 1. The molecule has 1 fully saturated rings. The molecule has 0 aliphatic carbocycles. The van der Waals surface area contributed by atoms with Crippen molar-refractivity contribution in [2.24, 2.45) is 0 Å². The number of likely N-dealkylation sites (tertiary alicyclic amines) is 1. The number of furan rings is 1. The van der Waals surface area contributed by atoms with E-state index in [1.807, 2.05) is 17.0 Å². The largest absolute Gasteiger partial charge is 0.459 e. The van der Waals surface area contributed by atoms with E-state index in [1.165, 1.54) is 11.8 Å². The molecule has 1 unspecified atom stereocenters. The summed E-state index contributed by atoms with van der Waals surface area (Å²) >= 11 is 0. The Labute approximate surface area is 185 Å². The maximum Gasteiger partial charge on any atom is 0.289 e. The van der Waals surface area contributed by atoms with Gasteiger partial charge in [0.2, 0.25) is 11.6 Å². The molecule has 0 radical (unpaired) electrons. The summed E-state index contributed by atoms with van der Waals surface area (Å²) in [5.41, 5.74) is 3.24. The number of carbonyl (C=O) groups is 1. The summed E-state index contributed by atoms with van der Waals surface area (Å²) in [5.74, 6) is 0.794. The highest BCUT2D eigenvalue weighted by Gasteiger charge is 2.35. The van der Waals surface area contributed by atoms with E-state index in [0.29, 0.717) is 36.0 Å². The second kappa shape index (κ2) is 7.74. The normalized spacial score (nSPS) is 16.6. The Morgan fingerprint density at radius 1 is 1.19 bits per heavy atom. The molecule has 1 atom stereocenters. The molecular formula is C23H25N7O2. The molecule has 3 aromatic heterocycles. The summed E-state index contributed by atoms with van der Waals surface area (Å²) in [5, 5.41) is 10.8. The number of hydrogen-bond donors (Lipinski definition) is 1. The van der Waals surface area contributed by atoms with Crippen LogP contribution < -0.4 is 4.90 Å². The van der Waals surface area contributed by atoms with E-state index in [9.17, 15) is 4.79 Å². The van der Waals surface area contributed by atoms with Crippen molar-refractivity contribution in [2.45, 2.75) is 38.6 Å². The van der Waals surface area contributed by atoms with Crippen molar-refractivity contribution < 1.29 is 9.21 Å². The van der Waals surface area contributed by atoms with Crippen molar-refractivity contribution in [1.82, 2.24) is 30.3 Å². The molecule has 0 bridgehead atoms. The summed E-state index contributed by atoms with van der Waals surface area (Å²) in [6.07, 6.45) is 3.98. The molecule has 1 saturated heterocycles. The first-order valence-electron chi connectivity index (χ1n) is 10.7. The third-order valence-electron chi connectivity index (χ3n) is 5.80. The van der Waals surface area contributed by atoms with Crippen LogP contribution in [-0.4, -0.2) is 55.3 Å². The van der Waals surface area contributed by atoms with Crippen LogP contribution >= 0.6 is 0 Å². The predicted molar refractivity (Wildman–Crippen MR) is 120 cm³/mol. The number of anilines is 2. The molecule has 4 heterocycles. The fourth-order valence-corrected chi connectivity index (χ4v) is 4.24. The topological polar surface area (TPSA) is 104 Å². The van der Waals surface area contributed by atoms with E-state index in [2.05, 4.69) is 63.2 Å². The molecule has 9 nitrogen and oxygen atoms in total. The lowest BCUT2D eigenvalue weighted by molar-refractivity contribution is 0.0759. The van der Waals surface area contributed by atoms with Gasteiger partial charge in [-0.2, -0.15) is 15.3 Å². The smallest absolute Gasteiger partial charge is 0.289 e. The third kappa shape index (κ3) is 3.59. The Bertz CT molecular complexity index is 1240.